The van der Waals surface area contributed by atoms with Gasteiger partial charge in [0.2, 0.25) is 0 Å². The van der Waals surface area contributed by atoms with Crippen LogP contribution in [0.1, 0.15) is 21.5 Å². The topological polar surface area (TPSA) is 46.4 Å². The lowest BCUT2D eigenvalue weighted by Crippen LogP contribution is -2.14. The Balaban J connectivity index is 1.97. The first-order chi connectivity index (χ1) is 9.65. The van der Waals surface area contributed by atoms with Gasteiger partial charge >= 0.3 is 0 Å². The molecule has 0 aliphatic heterocycles. The van der Waals surface area contributed by atoms with Gasteiger partial charge in [0.1, 0.15) is 5.65 Å². The van der Waals surface area contributed by atoms with E-state index in [4.69, 9.17) is 0 Å². The summed E-state index contributed by atoms with van der Waals surface area (Å²) in [6.45, 7) is 3.98. The molecule has 0 saturated carbocycles. The van der Waals surface area contributed by atoms with Crippen LogP contribution in [-0.4, -0.2) is 15.3 Å². The molecule has 0 atom stereocenters. The number of fused-ring (bicyclic) bond motifs is 1. The van der Waals surface area contributed by atoms with Crippen LogP contribution < -0.4 is 5.32 Å². The molecule has 1 amide bonds. The summed E-state index contributed by atoms with van der Waals surface area (Å²) in [7, 11) is 0. The molecule has 0 radical (unpaired) electrons. The molecular formula is C16H15N3O. The second kappa shape index (κ2) is 4.81. The van der Waals surface area contributed by atoms with Gasteiger partial charge in [0.15, 0.2) is 0 Å². The molecule has 3 rings (SSSR count). The number of aryl methyl sites for hydroxylation is 2. The molecular weight excluding hydrogens is 250 g/mol. The van der Waals surface area contributed by atoms with Crippen LogP contribution in [0, 0.1) is 13.8 Å². The number of pyridine rings is 1. The van der Waals surface area contributed by atoms with Crippen molar-refractivity contribution >= 4 is 17.2 Å². The van der Waals surface area contributed by atoms with E-state index in [2.05, 4.69) is 10.3 Å². The molecule has 100 valence electrons. The predicted octanol–water partition coefficient (Wildman–Crippen LogP) is 3.20. The first kappa shape index (κ1) is 12.4. The highest BCUT2D eigenvalue weighted by atomic mass is 16.1. The highest BCUT2D eigenvalue weighted by Gasteiger charge is 2.12. The zero-order valence-corrected chi connectivity index (χ0v) is 11.4. The van der Waals surface area contributed by atoms with E-state index in [1.807, 2.05) is 54.9 Å². The Morgan fingerprint density at radius 1 is 1.20 bits per heavy atom. The van der Waals surface area contributed by atoms with E-state index in [-0.39, 0.29) is 5.91 Å². The Hall–Kier alpha value is -2.62. The number of hydrogen-bond acceptors (Lipinski definition) is 2. The zero-order valence-electron chi connectivity index (χ0n) is 11.4. The minimum atomic E-state index is -0.143. The van der Waals surface area contributed by atoms with Gasteiger partial charge < -0.3 is 9.72 Å². The lowest BCUT2D eigenvalue weighted by molar-refractivity contribution is 0.102. The molecule has 2 heterocycles. The second-order valence-corrected chi connectivity index (χ2v) is 4.85. The molecule has 20 heavy (non-hydrogen) atoms. The average Bonchev–Trinajstić information content (AvgIpc) is 2.91. The molecule has 3 aromatic rings. The largest absolute Gasteiger partial charge is 0.322 e. The number of carbonyl (C=O) groups excluding carboxylic acids is 1. The van der Waals surface area contributed by atoms with Gasteiger partial charge in [-0.15, -0.1) is 0 Å². The maximum Gasteiger partial charge on any atom is 0.259 e. The van der Waals surface area contributed by atoms with Crippen molar-refractivity contribution < 1.29 is 4.79 Å². The Morgan fingerprint density at radius 3 is 2.90 bits per heavy atom. The number of hydrogen-bond donors (Lipinski definition) is 1. The van der Waals surface area contributed by atoms with Crippen LogP contribution >= 0.6 is 0 Å². The molecule has 1 N–H and O–H groups in total. The molecule has 0 unspecified atom stereocenters. The second-order valence-electron chi connectivity index (χ2n) is 4.85. The number of aromatic nitrogens is 2. The number of amides is 1. The Labute approximate surface area is 117 Å². The van der Waals surface area contributed by atoms with Gasteiger partial charge in [0.05, 0.1) is 5.56 Å². The fourth-order valence-corrected chi connectivity index (χ4v) is 2.19. The normalized spacial score (nSPS) is 10.7. The summed E-state index contributed by atoms with van der Waals surface area (Å²) in [6.07, 6.45) is 5.38. The third-order valence-electron chi connectivity index (χ3n) is 3.31. The summed E-state index contributed by atoms with van der Waals surface area (Å²) in [5.41, 5.74) is 4.22. The van der Waals surface area contributed by atoms with Crippen molar-refractivity contribution in [3.8, 4) is 0 Å². The van der Waals surface area contributed by atoms with Gasteiger partial charge in [-0.1, -0.05) is 12.1 Å². The van der Waals surface area contributed by atoms with Crippen molar-refractivity contribution in [2.24, 2.45) is 0 Å². The number of nitrogens with zero attached hydrogens (tertiary/aromatic N) is 2. The maximum absolute atomic E-state index is 12.4. The van der Waals surface area contributed by atoms with Crippen LogP contribution in [0.15, 0.2) is 48.9 Å². The molecule has 0 spiro atoms. The Kier molecular flexibility index (Phi) is 2.99. The van der Waals surface area contributed by atoms with Crippen LogP contribution in [-0.2, 0) is 0 Å². The monoisotopic (exact) mass is 265 g/mol. The van der Waals surface area contributed by atoms with Crippen LogP contribution in [0.4, 0.5) is 5.69 Å². The predicted molar refractivity (Wildman–Crippen MR) is 79.1 cm³/mol. The molecule has 2 aromatic heterocycles. The van der Waals surface area contributed by atoms with E-state index >= 15 is 0 Å². The molecule has 0 fully saturated rings. The van der Waals surface area contributed by atoms with Gasteiger partial charge in [-0.05, 0) is 43.2 Å². The first-order valence-corrected chi connectivity index (χ1v) is 6.45. The quantitative estimate of drug-likeness (QED) is 0.773. The molecule has 0 bridgehead atoms. The third kappa shape index (κ3) is 2.16. The zero-order chi connectivity index (χ0) is 14.1. The lowest BCUT2D eigenvalue weighted by Gasteiger charge is -2.10. The van der Waals surface area contributed by atoms with E-state index in [1.165, 1.54) is 0 Å². The SMILES string of the molecule is Cc1ccc(C)c(NC(=O)c2cccn3ccnc23)c1. The van der Waals surface area contributed by atoms with Crippen LogP contribution in [0.25, 0.3) is 5.65 Å². The summed E-state index contributed by atoms with van der Waals surface area (Å²) in [6, 6.07) is 9.62. The standard InChI is InChI=1S/C16H15N3O/c1-11-5-6-12(2)14(10-11)18-16(20)13-4-3-8-19-9-7-17-15(13)19/h3-10H,1-2H3,(H,18,20). The molecule has 0 aliphatic rings. The third-order valence-corrected chi connectivity index (χ3v) is 3.31. The molecule has 1 aromatic carbocycles. The number of anilines is 1. The number of imidazole rings is 1. The van der Waals surface area contributed by atoms with Gasteiger partial charge in [-0.25, -0.2) is 4.98 Å². The van der Waals surface area contributed by atoms with E-state index in [9.17, 15) is 4.79 Å². The van der Waals surface area contributed by atoms with Crippen molar-refractivity contribution in [3.05, 3.63) is 65.6 Å². The van der Waals surface area contributed by atoms with E-state index in [0.29, 0.717) is 11.2 Å². The maximum atomic E-state index is 12.4. The summed E-state index contributed by atoms with van der Waals surface area (Å²) >= 11 is 0. The summed E-state index contributed by atoms with van der Waals surface area (Å²) in [5, 5.41) is 2.96. The average molecular weight is 265 g/mol. The Morgan fingerprint density at radius 2 is 2.05 bits per heavy atom. The van der Waals surface area contributed by atoms with Gasteiger partial charge in [-0.2, -0.15) is 0 Å². The first-order valence-electron chi connectivity index (χ1n) is 6.45. The van der Waals surface area contributed by atoms with Crippen molar-refractivity contribution in [3.63, 3.8) is 0 Å². The summed E-state index contributed by atoms with van der Waals surface area (Å²) in [5.74, 6) is -0.143. The number of carbonyl (C=O) groups is 1. The minimum Gasteiger partial charge on any atom is -0.322 e. The van der Waals surface area contributed by atoms with E-state index in [0.717, 1.165) is 16.8 Å². The van der Waals surface area contributed by atoms with Crippen LogP contribution in [0.3, 0.4) is 0 Å². The number of rotatable bonds is 2. The van der Waals surface area contributed by atoms with Crippen LogP contribution in [0.2, 0.25) is 0 Å². The highest BCUT2D eigenvalue weighted by Crippen LogP contribution is 2.18. The van der Waals surface area contributed by atoms with Crippen molar-refractivity contribution in [2.45, 2.75) is 13.8 Å². The lowest BCUT2D eigenvalue weighted by atomic mass is 10.1. The number of nitrogens with one attached hydrogen (secondary N) is 1. The van der Waals surface area contributed by atoms with Gasteiger partial charge in [0, 0.05) is 24.3 Å². The minimum absolute atomic E-state index is 0.143. The van der Waals surface area contributed by atoms with E-state index < -0.39 is 0 Å². The highest BCUT2D eigenvalue weighted by molar-refractivity contribution is 6.08. The van der Waals surface area contributed by atoms with Gasteiger partial charge in [0.25, 0.3) is 5.91 Å². The molecule has 0 aliphatic carbocycles. The fourth-order valence-electron chi connectivity index (χ4n) is 2.19. The molecule has 4 nitrogen and oxygen atoms in total. The fraction of sp³-hybridized carbons (Fsp3) is 0.125. The van der Waals surface area contributed by atoms with Gasteiger partial charge in [-0.3, -0.25) is 4.79 Å². The smallest absolute Gasteiger partial charge is 0.259 e. The molecule has 4 heteroatoms. The van der Waals surface area contributed by atoms with E-state index in [1.54, 1.807) is 12.3 Å². The molecule has 0 saturated heterocycles. The van der Waals surface area contributed by atoms with Crippen molar-refractivity contribution in [2.75, 3.05) is 5.32 Å². The van der Waals surface area contributed by atoms with Crippen LogP contribution in [0.5, 0.6) is 0 Å². The summed E-state index contributed by atoms with van der Waals surface area (Å²) in [4.78, 5) is 16.6. The number of benzene rings is 1. The van der Waals surface area contributed by atoms with Crippen molar-refractivity contribution in [1.82, 2.24) is 9.38 Å². The Bertz CT molecular complexity index is 789. The van der Waals surface area contributed by atoms with Crippen molar-refractivity contribution in [1.29, 1.82) is 0 Å². The summed E-state index contributed by atoms with van der Waals surface area (Å²) < 4.78 is 1.83.